The van der Waals surface area contributed by atoms with E-state index in [1.165, 1.54) is 23.1 Å². The van der Waals surface area contributed by atoms with Crippen LogP contribution in [0.1, 0.15) is 11.6 Å². The number of hydrogen-bond acceptors (Lipinski definition) is 2. The molecule has 0 aromatic heterocycles. The quantitative estimate of drug-likeness (QED) is 0.870. The SMILES string of the molecule is Cl.FC(F)(F)[C@@H](c1ccc(Cl)c(Cl)c1)N1CCNCC1. The average Bonchev–Trinajstić information content (AvgIpc) is 2.34. The molecule has 2 nitrogen and oxygen atoms in total. The fourth-order valence-corrected chi connectivity index (χ4v) is 2.54. The molecule has 1 atom stereocenters. The zero-order valence-electron chi connectivity index (χ0n) is 10.4. The molecule has 0 unspecified atom stereocenters. The Balaban J connectivity index is 0.00000200. The summed E-state index contributed by atoms with van der Waals surface area (Å²) in [6, 6.07) is 2.45. The minimum Gasteiger partial charge on any atom is -0.314 e. The molecule has 1 aromatic carbocycles. The summed E-state index contributed by atoms with van der Waals surface area (Å²) in [5, 5.41) is 3.44. The molecule has 1 aliphatic rings. The van der Waals surface area contributed by atoms with Crippen LogP contribution >= 0.6 is 35.6 Å². The van der Waals surface area contributed by atoms with Crippen molar-refractivity contribution in [3.05, 3.63) is 33.8 Å². The maximum absolute atomic E-state index is 13.3. The van der Waals surface area contributed by atoms with Gasteiger partial charge in [0.15, 0.2) is 0 Å². The van der Waals surface area contributed by atoms with E-state index in [4.69, 9.17) is 23.2 Å². The van der Waals surface area contributed by atoms with Gasteiger partial charge in [0.25, 0.3) is 0 Å². The molecule has 0 amide bonds. The summed E-state index contributed by atoms with van der Waals surface area (Å²) in [4.78, 5) is 1.41. The van der Waals surface area contributed by atoms with Crippen LogP contribution < -0.4 is 5.32 Å². The second-order valence-electron chi connectivity index (χ2n) is 4.40. The van der Waals surface area contributed by atoms with Crippen molar-refractivity contribution in [1.29, 1.82) is 0 Å². The first-order chi connectivity index (χ1) is 8.89. The molecule has 114 valence electrons. The highest BCUT2D eigenvalue weighted by Crippen LogP contribution is 2.39. The predicted molar refractivity (Wildman–Crippen MR) is 76.9 cm³/mol. The van der Waals surface area contributed by atoms with Crippen LogP contribution in [-0.2, 0) is 0 Å². The molecular weight excluding hydrogens is 335 g/mol. The van der Waals surface area contributed by atoms with Gasteiger partial charge < -0.3 is 5.32 Å². The molecule has 2 rings (SSSR count). The van der Waals surface area contributed by atoms with E-state index in [9.17, 15) is 13.2 Å². The molecule has 8 heteroatoms. The van der Waals surface area contributed by atoms with Gasteiger partial charge in [0, 0.05) is 26.2 Å². The fourth-order valence-electron chi connectivity index (χ4n) is 2.23. The maximum atomic E-state index is 13.3. The van der Waals surface area contributed by atoms with Crippen molar-refractivity contribution in [2.45, 2.75) is 12.2 Å². The smallest absolute Gasteiger partial charge is 0.314 e. The number of nitrogens with zero attached hydrogens (tertiary/aromatic N) is 1. The van der Waals surface area contributed by atoms with Crippen molar-refractivity contribution in [3.63, 3.8) is 0 Å². The summed E-state index contributed by atoms with van der Waals surface area (Å²) < 4.78 is 39.9. The predicted octanol–water partition coefficient (Wildman–Crippen LogP) is 3.92. The molecular formula is C12H14Cl3F3N2. The van der Waals surface area contributed by atoms with Gasteiger partial charge in [-0.1, -0.05) is 29.3 Å². The second-order valence-corrected chi connectivity index (χ2v) is 5.22. The van der Waals surface area contributed by atoms with E-state index in [2.05, 4.69) is 5.32 Å². The molecule has 1 aliphatic heterocycles. The summed E-state index contributed by atoms with van der Waals surface area (Å²) >= 11 is 11.6. The monoisotopic (exact) mass is 348 g/mol. The van der Waals surface area contributed by atoms with E-state index in [-0.39, 0.29) is 28.0 Å². The highest BCUT2D eigenvalue weighted by Gasteiger charge is 2.44. The van der Waals surface area contributed by atoms with E-state index in [1.54, 1.807) is 0 Å². The second kappa shape index (κ2) is 7.18. The van der Waals surface area contributed by atoms with Crippen molar-refractivity contribution in [2.24, 2.45) is 0 Å². The standard InChI is InChI=1S/C12H13Cl2F3N2.ClH/c13-9-2-1-8(7-10(9)14)11(12(15,16)17)19-5-3-18-4-6-19;/h1-2,7,11,18H,3-6H2;1H/t11-;/m1./s1. The highest BCUT2D eigenvalue weighted by atomic mass is 35.5. The van der Waals surface area contributed by atoms with Crippen LogP contribution in [-0.4, -0.2) is 37.3 Å². The first-order valence-corrected chi connectivity index (χ1v) is 6.61. The maximum Gasteiger partial charge on any atom is 0.408 e. The largest absolute Gasteiger partial charge is 0.408 e. The Morgan fingerprint density at radius 3 is 2.20 bits per heavy atom. The molecule has 0 radical (unpaired) electrons. The molecule has 1 heterocycles. The van der Waals surface area contributed by atoms with Crippen LogP contribution in [0.25, 0.3) is 0 Å². The topological polar surface area (TPSA) is 15.3 Å². The normalized spacial score (nSPS) is 18.4. The van der Waals surface area contributed by atoms with Crippen molar-refractivity contribution < 1.29 is 13.2 Å². The van der Waals surface area contributed by atoms with Gasteiger partial charge in [-0.05, 0) is 17.7 Å². The van der Waals surface area contributed by atoms with Crippen LogP contribution in [0.2, 0.25) is 10.0 Å². The van der Waals surface area contributed by atoms with Crippen LogP contribution in [0.3, 0.4) is 0 Å². The van der Waals surface area contributed by atoms with E-state index < -0.39 is 12.2 Å². The van der Waals surface area contributed by atoms with Gasteiger partial charge >= 0.3 is 6.18 Å². The zero-order chi connectivity index (χ0) is 14.0. The van der Waals surface area contributed by atoms with Crippen LogP contribution in [0.15, 0.2) is 18.2 Å². The van der Waals surface area contributed by atoms with E-state index in [1.807, 2.05) is 0 Å². The fraction of sp³-hybridized carbons (Fsp3) is 0.500. The first kappa shape index (κ1) is 17.9. The Morgan fingerprint density at radius 2 is 1.70 bits per heavy atom. The van der Waals surface area contributed by atoms with Crippen LogP contribution in [0.5, 0.6) is 0 Å². The Hall–Kier alpha value is -0.200. The number of piperazine rings is 1. The van der Waals surface area contributed by atoms with Crippen molar-refractivity contribution >= 4 is 35.6 Å². The van der Waals surface area contributed by atoms with Gasteiger partial charge in [0.1, 0.15) is 6.04 Å². The summed E-state index contributed by atoms with van der Waals surface area (Å²) in [6.45, 7) is 1.80. The number of alkyl halides is 3. The molecule has 20 heavy (non-hydrogen) atoms. The van der Waals surface area contributed by atoms with Gasteiger partial charge in [0.2, 0.25) is 0 Å². The summed E-state index contributed by atoms with van der Waals surface area (Å²) in [5.74, 6) is 0. The van der Waals surface area contributed by atoms with Gasteiger partial charge in [-0.2, -0.15) is 13.2 Å². The third-order valence-electron chi connectivity index (χ3n) is 3.09. The first-order valence-electron chi connectivity index (χ1n) is 5.86. The highest BCUT2D eigenvalue weighted by molar-refractivity contribution is 6.42. The van der Waals surface area contributed by atoms with E-state index in [0.717, 1.165) is 0 Å². The van der Waals surface area contributed by atoms with Crippen molar-refractivity contribution in [2.75, 3.05) is 26.2 Å². The van der Waals surface area contributed by atoms with Gasteiger partial charge in [-0.15, -0.1) is 12.4 Å². The molecule has 1 N–H and O–H groups in total. The molecule has 1 aromatic rings. The Labute approximate surface area is 131 Å². The average molecular weight is 350 g/mol. The van der Waals surface area contributed by atoms with E-state index >= 15 is 0 Å². The molecule has 0 bridgehead atoms. The molecule has 0 aliphatic carbocycles. The number of rotatable bonds is 2. The molecule has 1 fully saturated rings. The lowest BCUT2D eigenvalue weighted by atomic mass is 10.0. The minimum absolute atomic E-state index is 0. The molecule has 0 spiro atoms. The zero-order valence-corrected chi connectivity index (χ0v) is 12.7. The number of hydrogen-bond donors (Lipinski definition) is 1. The number of benzene rings is 1. The van der Waals surface area contributed by atoms with Crippen molar-refractivity contribution in [1.82, 2.24) is 10.2 Å². The van der Waals surface area contributed by atoms with Crippen LogP contribution in [0.4, 0.5) is 13.2 Å². The van der Waals surface area contributed by atoms with Gasteiger partial charge in [0.05, 0.1) is 10.0 Å². The number of halogens is 6. The lowest BCUT2D eigenvalue weighted by Crippen LogP contribution is -2.49. The minimum atomic E-state index is -4.34. The lowest BCUT2D eigenvalue weighted by Gasteiger charge is -2.36. The molecule has 0 saturated carbocycles. The Bertz CT molecular complexity index is 448. The number of nitrogens with one attached hydrogen (secondary N) is 1. The summed E-state index contributed by atoms with van der Waals surface area (Å²) in [5.41, 5.74) is 0.129. The summed E-state index contributed by atoms with van der Waals surface area (Å²) in [7, 11) is 0. The lowest BCUT2D eigenvalue weighted by molar-refractivity contribution is -0.187. The third kappa shape index (κ3) is 4.15. The molecule has 1 saturated heterocycles. The Morgan fingerprint density at radius 1 is 1.10 bits per heavy atom. The summed E-state index contributed by atoms with van der Waals surface area (Å²) in [6.07, 6.45) is -4.34. The van der Waals surface area contributed by atoms with Gasteiger partial charge in [-0.25, -0.2) is 0 Å². The Kier molecular flexibility index (Phi) is 6.41. The third-order valence-corrected chi connectivity index (χ3v) is 3.83. The van der Waals surface area contributed by atoms with Crippen LogP contribution in [0, 0.1) is 0 Å². The van der Waals surface area contributed by atoms with Gasteiger partial charge in [-0.3, -0.25) is 4.90 Å². The van der Waals surface area contributed by atoms with E-state index in [0.29, 0.717) is 26.2 Å². The van der Waals surface area contributed by atoms with Crippen molar-refractivity contribution in [3.8, 4) is 0 Å².